The lowest BCUT2D eigenvalue weighted by Gasteiger charge is -2.12. The third kappa shape index (κ3) is 3.20. The van der Waals surface area contributed by atoms with Crippen LogP contribution >= 0.6 is 0 Å². The van der Waals surface area contributed by atoms with Crippen molar-refractivity contribution in [3.8, 4) is 11.5 Å². The van der Waals surface area contributed by atoms with Gasteiger partial charge in [-0.25, -0.2) is 0 Å². The Morgan fingerprint density at radius 1 is 1.24 bits per heavy atom. The summed E-state index contributed by atoms with van der Waals surface area (Å²) in [5.74, 6) is 1.36. The van der Waals surface area contributed by atoms with Gasteiger partial charge in [-0.3, -0.25) is 4.79 Å². The van der Waals surface area contributed by atoms with E-state index >= 15 is 0 Å². The van der Waals surface area contributed by atoms with Gasteiger partial charge in [0, 0.05) is 13.0 Å². The zero-order valence-electron chi connectivity index (χ0n) is 10.8. The zero-order valence-corrected chi connectivity index (χ0v) is 10.8. The summed E-state index contributed by atoms with van der Waals surface area (Å²) in [7, 11) is 4.98. The predicted molar refractivity (Wildman–Crippen MR) is 67.2 cm³/mol. The number of hydrogen-bond acceptors (Lipinski definition) is 4. The number of ketones is 1. The maximum absolute atomic E-state index is 12.0. The third-order valence-corrected chi connectivity index (χ3v) is 2.62. The second-order valence-electron chi connectivity index (χ2n) is 3.80. The van der Waals surface area contributed by atoms with E-state index in [0.717, 1.165) is 5.56 Å². The first-order valence-corrected chi connectivity index (χ1v) is 5.54. The maximum atomic E-state index is 12.0. The molecule has 0 heterocycles. The van der Waals surface area contributed by atoms with Crippen LogP contribution in [0.3, 0.4) is 0 Å². The van der Waals surface area contributed by atoms with E-state index in [2.05, 4.69) is 5.32 Å². The Hall–Kier alpha value is -1.55. The molecule has 1 rings (SSSR count). The van der Waals surface area contributed by atoms with Crippen LogP contribution in [0.15, 0.2) is 12.1 Å². The Labute approximate surface area is 102 Å². The van der Waals surface area contributed by atoms with Crippen molar-refractivity contribution in [2.75, 3.05) is 27.8 Å². The Morgan fingerprint density at radius 2 is 1.88 bits per heavy atom. The highest BCUT2D eigenvalue weighted by atomic mass is 16.5. The van der Waals surface area contributed by atoms with Gasteiger partial charge in [0.25, 0.3) is 0 Å². The largest absolute Gasteiger partial charge is 0.496 e. The molecular formula is C13H19NO3. The Kier molecular flexibility index (Phi) is 4.97. The summed E-state index contributed by atoms with van der Waals surface area (Å²) < 4.78 is 10.4. The van der Waals surface area contributed by atoms with Gasteiger partial charge in [-0.05, 0) is 31.7 Å². The summed E-state index contributed by atoms with van der Waals surface area (Å²) in [6, 6.07) is 3.57. The van der Waals surface area contributed by atoms with Crippen LogP contribution in [0.5, 0.6) is 11.5 Å². The molecule has 0 saturated heterocycles. The molecular weight excluding hydrogens is 218 g/mol. The number of hydrogen-bond donors (Lipinski definition) is 1. The smallest absolute Gasteiger partial charge is 0.168 e. The van der Waals surface area contributed by atoms with Crippen molar-refractivity contribution in [2.45, 2.75) is 13.3 Å². The summed E-state index contributed by atoms with van der Waals surface area (Å²) in [5, 5.41) is 2.95. The van der Waals surface area contributed by atoms with Crippen molar-refractivity contribution in [3.63, 3.8) is 0 Å². The van der Waals surface area contributed by atoms with E-state index < -0.39 is 0 Å². The molecule has 4 heteroatoms. The molecule has 1 aromatic rings. The average molecular weight is 237 g/mol. The maximum Gasteiger partial charge on any atom is 0.168 e. The number of carbonyl (C=O) groups is 1. The Balaban J connectivity index is 3.07. The van der Waals surface area contributed by atoms with E-state index in [0.29, 0.717) is 30.0 Å². The van der Waals surface area contributed by atoms with E-state index in [-0.39, 0.29) is 5.78 Å². The summed E-state index contributed by atoms with van der Waals surface area (Å²) in [6.07, 6.45) is 0.444. The average Bonchev–Trinajstić information content (AvgIpc) is 2.35. The molecule has 17 heavy (non-hydrogen) atoms. The lowest BCUT2D eigenvalue weighted by molar-refractivity contribution is 0.0980. The van der Waals surface area contributed by atoms with Crippen molar-refractivity contribution in [3.05, 3.63) is 23.3 Å². The molecule has 0 aliphatic carbocycles. The standard InChI is InChI=1S/C13H19NO3/c1-9-7-13(17-4)10(8-12(9)16-3)11(15)5-6-14-2/h7-8,14H,5-6H2,1-4H3. The van der Waals surface area contributed by atoms with Crippen molar-refractivity contribution >= 4 is 5.78 Å². The molecule has 0 radical (unpaired) electrons. The van der Waals surface area contributed by atoms with Crippen LogP contribution in [0, 0.1) is 6.92 Å². The van der Waals surface area contributed by atoms with Crippen LogP contribution in [0.4, 0.5) is 0 Å². The van der Waals surface area contributed by atoms with Gasteiger partial charge in [-0.1, -0.05) is 0 Å². The van der Waals surface area contributed by atoms with Crippen molar-refractivity contribution in [1.82, 2.24) is 5.32 Å². The molecule has 0 saturated carbocycles. The molecule has 0 fully saturated rings. The first-order chi connectivity index (χ1) is 8.13. The van der Waals surface area contributed by atoms with E-state index in [1.54, 1.807) is 20.3 Å². The summed E-state index contributed by atoms with van der Waals surface area (Å²) >= 11 is 0. The van der Waals surface area contributed by atoms with Crippen LogP contribution in [-0.4, -0.2) is 33.6 Å². The third-order valence-electron chi connectivity index (χ3n) is 2.62. The minimum Gasteiger partial charge on any atom is -0.496 e. The minimum absolute atomic E-state index is 0.0505. The first kappa shape index (κ1) is 13.5. The van der Waals surface area contributed by atoms with E-state index in [1.807, 2.05) is 20.0 Å². The van der Waals surface area contributed by atoms with Crippen LogP contribution in [0.1, 0.15) is 22.3 Å². The molecule has 0 atom stereocenters. The van der Waals surface area contributed by atoms with E-state index in [9.17, 15) is 4.79 Å². The molecule has 0 bridgehead atoms. The topological polar surface area (TPSA) is 47.6 Å². The van der Waals surface area contributed by atoms with Gasteiger partial charge in [0.05, 0.1) is 19.8 Å². The monoisotopic (exact) mass is 237 g/mol. The van der Waals surface area contributed by atoms with Crippen LogP contribution < -0.4 is 14.8 Å². The second kappa shape index (κ2) is 6.25. The minimum atomic E-state index is 0.0505. The highest BCUT2D eigenvalue weighted by molar-refractivity contribution is 5.99. The van der Waals surface area contributed by atoms with Crippen LogP contribution in [0.2, 0.25) is 0 Å². The Morgan fingerprint density at radius 3 is 2.41 bits per heavy atom. The first-order valence-electron chi connectivity index (χ1n) is 5.54. The van der Waals surface area contributed by atoms with E-state index in [1.165, 1.54) is 0 Å². The van der Waals surface area contributed by atoms with Gasteiger partial charge in [-0.15, -0.1) is 0 Å². The van der Waals surface area contributed by atoms with E-state index in [4.69, 9.17) is 9.47 Å². The number of benzene rings is 1. The number of methoxy groups -OCH3 is 2. The number of nitrogens with one attached hydrogen (secondary N) is 1. The SMILES string of the molecule is CNCCC(=O)c1cc(OC)c(C)cc1OC. The number of carbonyl (C=O) groups excluding carboxylic acids is 1. The van der Waals surface area contributed by atoms with Crippen LogP contribution in [0.25, 0.3) is 0 Å². The van der Waals surface area contributed by atoms with Gasteiger partial charge < -0.3 is 14.8 Å². The number of rotatable bonds is 6. The lowest BCUT2D eigenvalue weighted by Crippen LogP contribution is -2.14. The van der Waals surface area contributed by atoms with Crippen molar-refractivity contribution in [2.24, 2.45) is 0 Å². The molecule has 1 N–H and O–H groups in total. The summed E-state index contributed by atoms with van der Waals surface area (Å²) in [5.41, 5.74) is 1.53. The molecule has 94 valence electrons. The highest BCUT2D eigenvalue weighted by Gasteiger charge is 2.14. The predicted octanol–water partition coefficient (Wildman–Crippen LogP) is 1.80. The van der Waals surface area contributed by atoms with Crippen LogP contribution in [-0.2, 0) is 0 Å². The summed E-state index contributed by atoms with van der Waals surface area (Å²) in [4.78, 5) is 12.0. The molecule has 0 aliphatic heterocycles. The molecule has 0 amide bonds. The summed E-state index contributed by atoms with van der Waals surface area (Å²) in [6.45, 7) is 2.57. The molecule has 0 spiro atoms. The van der Waals surface area contributed by atoms with Gasteiger partial charge in [0.15, 0.2) is 5.78 Å². The quantitative estimate of drug-likeness (QED) is 0.766. The lowest BCUT2D eigenvalue weighted by atomic mass is 10.0. The fourth-order valence-electron chi connectivity index (χ4n) is 1.64. The van der Waals surface area contributed by atoms with Gasteiger partial charge in [0.1, 0.15) is 11.5 Å². The molecule has 0 unspecified atom stereocenters. The van der Waals surface area contributed by atoms with Gasteiger partial charge in [0.2, 0.25) is 0 Å². The van der Waals surface area contributed by atoms with Crippen molar-refractivity contribution < 1.29 is 14.3 Å². The molecule has 4 nitrogen and oxygen atoms in total. The zero-order chi connectivity index (χ0) is 12.8. The number of aryl methyl sites for hydroxylation is 1. The fraction of sp³-hybridized carbons (Fsp3) is 0.462. The fourth-order valence-corrected chi connectivity index (χ4v) is 1.64. The molecule has 0 aromatic heterocycles. The highest BCUT2D eigenvalue weighted by Crippen LogP contribution is 2.28. The Bertz CT molecular complexity index is 402. The normalized spacial score (nSPS) is 10.1. The number of Topliss-reactive ketones (excluding diaryl/α,β-unsaturated/α-hetero) is 1. The van der Waals surface area contributed by atoms with Crippen molar-refractivity contribution in [1.29, 1.82) is 0 Å². The van der Waals surface area contributed by atoms with Gasteiger partial charge in [-0.2, -0.15) is 0 Å². The second-order valence-corrected chi connectivity index (χ2v) is 3.80. The molecule has 0 aliphatic rings. The van der Waals surface area contributed by atoms with Gasteiger partial charge >= 0.3 is 0 Å². The molecule has 1 aromatic carbocycles. The number of ether oxygens (including phenoxy) is 2.